The zero-order valence-corrected chi connectivity index (χ0v) is 14.8. The van der Waals surface area contributed by atoms with Crippen molar-refractivity contribution in [3.63, 3.8) is 0 Å². The molecule has 1 aromatic heterocycles. The minimum absolute atomic E-state index is 0.0950. The molecule has 0 fully saturated rings. The van der Waals surface area contributed by atoms with E-state index in [-0.39, 0.29) is 6.04 Å². The fraction of sp³-hybridized carbons (Fsp3) is 0.174. The third-order valence-corrected chi connectivity index (χ3v) is 4.76. The first kappa shape index (κ1) is 16.6. The topological polar surface area (TPSA) is 43.8 Å². The molecule has 1 heterocycles. The number of benzene rings is 3. The van der Waals surface area contributed by atoms with Crippen LogP contribution in [0.2, 0.25) is 0 Å². The Balaban J connectivity index is 1.96. The van der Waals surface area contributed by atoms with E-state index >= 15 is 0 Å². The predicted molar refractivity (Wildman–Crippen MR) is 107 cm³/mol. The molecule has 4 aromatic rings. The molecule has 2 N–H and O–H groups in total. The van der Waals surface area contributed by atoms with Crippen LogP contribution in [-0.2, 0) is 6.42 Å². The van der Waals surface area contributed by atoms with Gasteiger partial charge in [-0.25, -0.2) is 4.98 Å². The van der Waals surface area contributed by atoms with Gasteiger partial charge >= 0.3 is 0 Å². The fourth-order valence-corrected chi connectivity index (χ4v) is 3.58. The highest BCUT2D eigenvalue weighted by Crippen LogP contribution is 2.32. The van der Waals surface area contributed by atoms with Gasteiger partial charge in [0, 0.05) is 6.42 Å². The van der Waals surface area contributed by atoms with Crippen LogP contribution in [0.25, 0.3) is 11.0 Å². The summed E-state index contributed by atoms with van der Waals surface area (Å²) < 4.78 is 2.38. The molecule has 0 aliphatic heterocycles. The molecule has 0 saturated heterocycles. The molecular weight excluding hydrogens is 318 g/mol. The van der Waals surface area contributed by atoms with Gasteiger partial charge in [0.05, 0.1) is 17.1 Å². The molecule has 0 bridgehead atoms. The number of rotatable bonds is 6. The molecule has 130 valence electrons. The highest BCUT2D eigenvalue weighted by atomic mass is 15.1. The number of hydrogen-bond donors (Lipinski definition) is 1. The van der Waals surface area contributed by atoms with Crippen molar-refractivity contribution in [2.75, 3.05) is 6.54 Å². The molecule has 3 aromatic carbocycles. The quantitative estimate of drug-likeness (QED) is 0.558. The zero-order valence-electron chi connectivity index (χ0n) is 14.8. The molecule has 26 heavy (non-hydrogen) atoms. The van der Waals surface area contributed by atoms with E-state index in [0.717, 1.165) is 29.7 Å². The Morgan fingerprint density at radius 3 is 1.96 bits per heavy atom. The Kier molecular flexibility index (Phi) is 4.80. The number of aromatic nitrogens is 2. The normalized spacial score (nSPS) is 11.3. The molecule has 3 heteroatoms. The Hall–Kier alpha value is -2.91. The smallest absolute Gasteiger partial charge is 0.110 e. The van der Waals surface area contributed by atoms with Gasteiger partial charge in [0.2, 0.25) is 0 Å². The lowest BCUT2D eigenvalue weighted by Crippen LogP contribution is -2.16. The molecule has 0 aliphatic rings. The lowest BCUT2D eigenvalue weighted by molar-refractivity contribution is 0.636. The van der Waals surface area contributed by atoms with Crippen LogP contribution < -0.4 is 5.73 Å². The second kappa shape index (κ2) is 7.54. The van der Waals surface area contributed by atoms with E-state index in [4.69, 9.17) is 10.7 Å². The van der Waals surface area contributed by atoms with Crippen molar-refractivity contribution in [3.05, 3.63) is 102 Å². The van der Waals surface area contributed by atoms with Gasteiger partial charge < -0.3 is 10.3 Å². The molecule has 0 spiro atoms. The molecular formula is C23H23N3. The second-order valence-electron chi connectivity index (χ2n) is 6.50. The summed E-state index contributed by atoms with van der Waals surface area (Å²) in [4.78, 5) is 4.93. The average molecular weight is 341 g/mol. The maximum absolute atomic E-state index is 5.78. The number of para-hydroxylation sites is 2. The first-order valence-electron chi connectivity index (χ1n) is 9.14. The first-order chi connectivity index (χ1) is 12.9. The first-order valence-corrected chi connectivity index (χ1v) is 9.14. The number of imidazole rings is 1. The third-order valence-electron chi connectivity index (χ3n) is 4.76. The molecule has 0 radical (unpaired) electrons. The van der Waals surface area contributed by atoms with Gasteiger partial charge in [-0.15, -0.1) is 0 Å². The maximum atomic E-state index is 5.78. The van der Waals surface area contributed by atoms with Crippen molar-refractivity contribution in [3.8, 4) is 0 Å². The van der Waals surface area contributed by atoms with E-state index in [1.54, 1.807) is 0 Å². The van der Waals surface area contributed by atoms with E-state index in [9.17, 15) is 0 Å². The molecule has 0 aliphatic carbocycles. The van der Waals surface area contributed by atoms with Crippen LogP contribution in [-0.4, -0.2) is 16.1 Å². The summed E-state index contributed by atoms with van der Waals surface area (Å²) >= 11 is 0. The van der Waals surface area contributed by atoms with Crippen molar-refractivity contribution in [1.82, 2.24) is 9.55 Å². The third kappa shape index (κ3) is 3.14. The summed E-state index contributed by atoms with van der Waals surface area (Å²) in [6, 6.07) is 29.8. The largest absolute Gasteiger partial charge is 0.330 e. The average Bonchev–Trinajstić information content (AvgIpc) is 3.07. The Labute approximate surface area is 154 Å². The highest BCUT2D eigenvalue weighted by molar-refractivity contribution is 5.76. The van der Waals surface area contributed by atoms with Gasteiger partial charge in [0.25, 0.3) is 0 Å². The van der Waals surface area contributed by atoms with Crippen LogP contribution in [0.1, 0.15) is 29.4 Å². The van der Waals surface area contributed by atoms with Crippen LogP contribution in [0.5, 0.6) is 0 Å². The molecule has 3 nitrogen and oxygen atoms in total. The summed E-state index contributed by atoms with van der Waals surface area (Å²) in [7, 11) is 0. The molecule has 4 rings (SSSR count). The molecule has 0 saturated carbocycles. The van der Waals surface area contributed by atoms with Gasteiger partial charge in [-0.2, -0.15) is 0 Å². The minimum Gasteiger partial charge on any atom is -0.330 e. The van der Waals surface area contributed by atoms with Crippen LogP contribution in [0.3, 0.4) is 0 Å². The van der Waals surface area contributed by atoms with Crippen LogP contribution in [0, 0.1) is 0 Å². The predicted octanol–water partition coefficient (Wildman–Crippen LogP) is 4.57. The summed E-state index contributed by atoms with van der Waals surface area (Å²) in [5.41, 5.74) is 10.5. The molecule has 0 unspecified atom stereocenters. The van der Waals surface area contributed by atoms with Crippen molar-refractivity contribution in [2.24, 2.45) is 5.73 Å². The molecule has 0 atom stereocenters. The number of aryl methyl sites for hydroxylation is 1. The Morgan fingerprint density at radius 1 is 0.769 bits per heavy atom. The van der Waals surface area contributed by atoms with Gasteiger partial charge in [-0.3, -0.25) is 0 Å². The van der Waals surface area contributed by atoms with Gasteiger partial charge in [0.1, 0.15) is 5.82 Å². The van der Waals surface area contributed by atoms with Gasteiger partial charge in [0.15, 0.2) is 0 Å². The van der Waals surface area contributed by atoms with Gasteiger partial charge in [-0.05, 0) is 36.2 Å². The van der Waals surface area contributed by atoms with Gasteiger partial charge in [-0.1, -0.05) is 72.8 Å². The monoisotopic (exact) mass is 341 g/mol. The van der Waals surface area contributed by atoms with E-state index in [1.165, 1.54) is 11.1 Å². The van der Waals surface area contributed by atoms with Crippen molar-refractivity contribution in [2.45, 2.75) is 18.9 Å². The Morgan fingerprint density at radius 2 is 1.35 bits per heavy atom. The second-order valence-corrected chi connectivity index (χ2v) is 6.50. The zero-order chi connectivity index (χ0) is 17.8. The van der Waals surface area contributed by atoms with E-state index in [1.807, 2.05) is 6.07 Å². The maximum Gasteiger partial charge on any atom is 0.110 e. The van der Waals surface area contributed by atoms with Crippen LogP contribution >= 0.6 is 0 Å². The van der Waals surface area contributed by atoms with E-state index < -0.39 is 0 Å². The van der Waals surface area contributed by atoms with Crippen molar-refractivity contribution in [1.29, 1.82) is 0 Å². The van der Waals surface area contributed by atoms with Crippen LogP contribution in [0.15, 0.2) is 84.9 Å². The number of hydrogen-bond acceptors (Lipinski definition) is 2. The summed E-state index contributed by atoms with van der Waals surface area (Å²) in [6.07, 6.45) is 1.81. The number of nitrogens with two attached hydrogens (primary N) is 1. The Bertz CT molecular complexity index is 935. The highest BCUT2D eigenvalue weighted by Gasteiger charge is 2.22. The van der Waals surface area contributed by atoms with Crippen molar-refractivity contribution >= 4 is 11.0 Å². The van der Waals surface area contributed by atoms with Crippen LogP contribution in [0.4, 0.5) is 0 Å². The van der Waals surface area contributed by atoms with E-state index in [2.05, 4.69) is 83.4 Å². The fourth-order valence-electron chi connectivity index (χ4n) is 3.58. The summed E-state index contributed by atoms with van der Waals surface area (Å²) in [6.45, 7) is 0.671. The number of fused-ring (bicyclic) bond motifs is 1. The lowest BCUT2D eigenvalue weighted by atomic mass is 9.98. The SMILES string of the molecule is NCCCc1nc2ccccc2n1C(c1ccccc1)c1ccccc1. The standard InChI is InChI=1S/C23H23N3/c24-17-9-16-22-25-20-14-7-8-15-21(20)26(22)23(18-10-3-1-4-11-18)19-12-5-2-6-13-19/h1-8,10-15,23H,9,16-17,24H2. The summed E-state index contributed by atoms with van der Waals surface area (Å²) in [5.74, 6) is 1.09. The molecule has 0 amide bonds. The van der Waals surface area contributed by atoms with Crippen molar-refractivity contribution < 1.29 is 0 Å². The number of nitrogens with zero attached hydrogens (tertiary/aromatic N) is 2. The lowest BCUT2D eigenvalue weighted by Gasteiger charge is -2.23. The van der Waals surface area contributed by atoms with E-state index in [0.29, 0.717) is 6.54 Å². The minimum atomic E-state index is 0.0950. The summed E-state index contributed by atoms with van der Waals surface area (Å²) in [5, 5.41) is 0.